The van der Waals surface area contributed by atoms with Gasteiger partial charge in [0.25, 0.3) is 0 Å². The van der Waals surface area contributed by atoms with Crippen LogP contribution >= 0.6 is 0 Å². The molecule has 1 atom stereocenters. The second-order valence-corrected chi connectivity index (χ2v) is 17.8. The van der Waals surface area contributed by atoms with E-state index in [1.54, 1.807) is 0 Å². The zero-order valence-corrected chi connectivity index (χ0v) is 41.1. The standard InChI is InChI=1S/C56H100O6/c1-4-7-10-13-16-19-22-24-26-27-28-29-31-32-34-37-40-43-46-49-55(58)61-52-53(51-60-54(57)48-45-42-39-36-21-18-15-12-9-6-3)62-56(59)50-47-44-41-38-35-33-30-25-23-20-17-14-11-8-5-2/h8,11,14,17,20,23,27-28,53H,4-7,9-10,12-13,15-16,18-19,21-22,24-26,29-52H2,1-3H3/b11-8-,17-14-,23-20-,28-27-. The quantitative estimate of drug-likeness (QED) is 0.0199. The van der Waals surface area contributed by atoms with E-state index in [0.717, 1.165) is 70.6 Å². The molecule has 0 aliphatic carbocycles. The Morgan fingerprint density at radius 1 is 0.339 bits per heavy atom. The SMILES string of the molecule is CC\C=C/C=C\C=C/CCCCCCCCCC(=O)OC(COC(=O)CCCCCCCCC/C=C\CCCCCCCCCC)COC(=O)CCCCCCCCCCCC. The highest BCUT2D eigenvalue weighted by Gasteiger charge is 2.19. The molecule has 0 N–H and O–H groups in total. The zero-order chi connectivity index (χ0) is 45.1. The third kappa shape index (κ3) is 48.4. The van der Waals surface area contributed by atoms with Crippen LogP contribution in [0.2, 0.25) is 0 Å². The summed E-state index contributed by atoms with van der Waals surface area (Å²) in [5.74, 6) is -0.887. The van der Waals surface area contributed by atoms with Crippen molar-refractivity contribution in [3.8, 4) is 0 Å². The molecule has 0 aromatic carbocycles. The summed E-state index contributed by atoms with van der Waals surface area (Å²) in [5.41, 5.74) is 0. The van der Waals surface area contributed by atoms with Crippen molar-refractivity contribution in [2.75, 3.05) is 13.2 Å². The van der Waals surface area contributed by atoms with Crippen LogP contribution in [0.3, 0.4) is 0 Å². The third-order valence-electron chi connectivity index (χ3n) is 11.6. The second kappa shape index (κ2) is 51.0. The summed E-state index contributed by atoms with van der Waals surface area (Å²) in [6, 6.07) is 0. The van der Waals surface area contributed by atoms with E-state index in [-0.39, 0.29) is 31.1 Å². The summed E-state index contributed by atoms with van der Waals surface area (Å²) >= 11 is 0. The van der Waals surface area contributed by atoms with Crippen LogP contribution in [0.1, 0.15) is 271 Å². The van der Waals surface area contributed by atoms with Crippen LogP contribution in [0.5, 0.6) is 0 Å². The van der Waals surface area contributed by atoms with Gasteiger partial charge in [-0.15, -0.1) is 0 Å². The Morgan fingerprint density at radius 2 is 0.645 bits per heavy atom. The summed E-state index contributed by atoms with van der Waals surface area (Å²) < 4.78 is 16.8. The number of unbranched alkanes of at least 4 members (excludes halogenated alkanes) is 31. The fourth-order valence-corrected chi connectivity index (χ4v) is 7.61. The minimum absolute atomic E-state index is 0.0773. The van der Waals surface area contributed by atoms with Crippen molar-refractivity contribution < 1.29 is 28.6 Å². The van der Waals surface area contributed by atoms with Crippen LogP contribution in [0.25, 0.3) is 0 Å². The monoisotopic (exact) mass is 869 g/mol. The molecule has 360 valence electrons. The Morgan fingerprint density at radius 3 is 1.02 bits per heavy atom. The highest BCUT2D eigenvalue weighted by Crippen LogP contribution is 2.15. The molecule has 0 bridgehead atoms. The Kier molecular flexibility index (Phi) is 48.8. The number of hydrogen-bond donors (Lipinski definition) is 0. The molecule has 6 heteroatoms. The largest absolute Gasteiger partial charge is 0.462 e. The Labute approximate surface area is 384 Å². The van der Waals surface area contributed by atoms with Crippen LogP contribution in [0, 0.1) is 0 Å². The number of carbonyl (C=O) groups excluding carboxylic acids is 3. The number of allylic oxidation sites excluding steroid dienone is 8. The van der Waals surface area contributed by atoms with Crippen molar-refractivity contribution in [2.45, 2.75) is 277 Å². The fraction of sp³-hybridized carbons (Fsp3) is 0.804. The Bertz CT molecular complexity index is 1090. The molecular formula is C56H100O6. The summed E-state index contributed by atoms with van der Waals surface area (Å²) in [6.07, 6.45) is 61.0. The Hall–Kier alpha value is -2.63. The first kappa shape index (κ1) is 59.4. The van der Waals surface area contributed by atoms with E-state index in [1.807, 2.05) is 0 Å². The number of carbonyl (C=O) groups is 3. The van der Waals surface area contributed by atoms with Gasteiger partial charge in [-0.3, -0.25) is 14.4 Å². The predicted octanol–water partition coefficient (Wildman–Crippen LogP) is 17.5. The molecule has 62 heavy (non-hydrogen) atoms. The smallest absolute Gasteiger partial charge is 0.306 e. The van der Waals surface area contributed by atoms with Gasteiger partial charge in [-0.05, 0) is 64.2 Å². The lowest BCUT2D eigenvalue weighted by atomic mass is 10.1. The molecule has 0 fully saturated rings. The highest BCUT2D eigenvalue weighted by molar-refractivity contribution is 5.71. The van der Waals surface area contributed by atoms with Crippen molar-refractivity contribution in [1.82, 2.24) is 0 Å². The average Bonchev–Trinajstić information content (AvgIpc) is 3.27. The molecule has 0 aliphatic rings. The van der Waals surface area contributed by atoms with E-state index in [2.05, 4.69) is 69.4 Å². The minimum Gasteiger partial charge on any atom is -0.462 e. The minimum atomic E-state index is -0.777. The van der Waals surface area contributed by atoms with E-state index < -0.39 is 6.10 Å². The maximum atomic E-state index is 12.8. The molecule has 1 unspecified atom stereocenters. The third-order valence-corrected chi connectivity index (χ3v) is 11.6. The van der Waals surface area contributed by atoms with Gasteiger partial charge in [-0.1, -0.05) is 236 Å². The van der Waals surface area contributed by atoms with Crippen molar-refractivity contribution in [3.05, 3.63) is 48.6 Å². The van der Waals surface area contributed by atoms with Gasteiger partial charge in [0.1, 0.15) is 13.2 Å². The van der Waals surface area contributed by atoms with Crippen molar-refractivity contribution in [3.63, 3.8) is 0 Å². The van der Waals surface area contributed by atoms with Crippen molar-refractivity contribution >= 4 is 17.9 Å². The highest BCUT2D eigenvalue weighted by atomic mass is 16.6. The fourth-order valence-electron chi connectivity index (χ4n) is 7.61. The van der Waals surface area contributed by atoms with Crippen molar-refractivity contribution in [1.29, 1.82) is 0 Å². The van der Waals surface area contributed by atoms with Gasteiger partial charge in [0.15, 0.2) is 6.10 Å². The summed E-state index contributed by atoms with van der Waals surface area (Å²) in [6.45, 7) is 6.50. The van der Waals surface area contributed by atoms with E-state index in [0.29, 0.717) is 19.3 Å². The van der Waals surface area contributed by atoms with Gasteiger partial charge in [-0.2, -0.15) is 0 Å². The lowest BCUT2D eigenvalue weighted by Gasteiger charge is -2.18. The Balaban J connectivity index is 4.32. The van der Waals surface area contributed by atoms with E-state index in [4.69, 9.17) is 14.2 Å². The first-order valence-corrected chi connectivity index (χ1v) is 26.7. The first-order valence-electron chi connectivity index (χ1n) is 26.7. The first-order chi connectivity index (χ1) is 30.5. The van der Waals surface area contributed by atoms with Crippen LogP contribution in [-0.4, -0.2) is 37.2 Å². The van der Waals surface area contributed by atoms with Crippen LogP contribution < -0.4 is 0 Å². The molecule has 6 nitrogen and oxygen atoms in total. The molecule has 0 aliphatic heterocycles. The van der Waals surface area contributed by atoms with Gasteiger partial charge in [0, 0.05) is 19.3 Å². The number of hydrogen-bond acceptors (Lipinski definition) is 6. The molecule has 0 aromatic heterocycles. The van der Waals surface area contributed by atoms with E-state index in [9.17, 15) is 14.4 Å². The summed E-state index contributed by atoms with van der Waals surface area (Å²) in [5, 5.41) is 0. The van der Waals surface area contributed by atoms with Gasteiger partial charge < -0.3 is 14.2 Å². The maximum absolute atomic E-state index is 12.8. The normalized spacial score (nSPS) is 12.4. The van der Waals surface area contributed by atoms with Crippen molar-refractivity contribution in [2.24, 2.45) is 0 Å². The van der Waals surface area contributed by atoms with Crippen LogP contribution in [0.4, 0.5) is 0 Å². The number of ether oxygens (including phenoxy) is 3. The lowest BCUT2D eigenvalue weighted by Crippen LogP contribution is -2.30. The maximum Gasteiger partial charge on any atom is 0.306 e. The van der Waals surface area contributed by atoms with Crippen LogP contribution in [0.15, 0.2) is 48.6 Å². The molecule has 0 heterocycles. The zero-order valence-electron chi connectivity index (χ0n) is 41.1. The molecule has 0 spiro atoms. The second-order valence-electron chi connectivity index (χ2n) is 17.8. The molecule has 0 rings (SSSR count). The molecule has 0 saturated carbocycles. The molecule has 0 aromatic rings. The van der Waals surface area contributed by atoms with Gasteiger partial charge in [0.05, 0.1) is 0 Å². The summed E-state index contributed by atoms with van der Waals surface area (Å²) in [7, 11) is 0. The van der Waals surface area contributed by atoms with E-state index in [1.165, 1.54) is 161 Å². The average molecular weight is 869 g/mol. The van der Waals surface area contributed by atoms with Crippen LogP contribution in [-0.2, 0) is 28.6 Å². The molecule has 0 amide bonds. The molecule has 0 saturated heterocycles. The molecule has 0 radical (unpaired) electrons. The summed E-state index contributed by atoms with van der Waals surface area (Å²) in [4.78, 5) is 38.0. The topological polar surface area (TPSA) is 78.9 Å². The lowest BCUT2D eigenvalue weighted by molar-refractivity contribution is -0.167. The van der Waals surface area contributed by atoms with Gasteiger partial charge in [-0.25, -0.2) is 0 Å². The number of esters is 3. The van der Waals surface area contributed by atoms with E-state index >= 15 is 0 Å². The van der Waals surface area contributed by atoms with Gasteiger partial charge in [0.2, 0.25) is 0 Å². The number of rotatable bonds is 48. The van der Waals surface area contributed by atoms with Gasteiger partial charge >= 0.3 is 17.9 Å². The predicted molar refractivity (Wildman–Crippen MR) is 265 cm³/mol. The molecular weight excluding hydrogens is 769 g/mol.